The van der Waals surface area contributed by atoms with Gasteiger partial charge in [0.2, 0.25) is 0 Å². The third kappa shape index (κ3) is 2.83. The summed E-state index contributed by atoms with van der Waals surface area (Å²) in [4.78, 5) is 18.4. The van der Waals surface area contributed by atoms with Crippen molar-refractivity contribution < 1.29 is 35.7 Å². The minimum absolute atomic E-state index is 0.0548. The zero-order valence-corrected chi connectivity index (χ0v) is 12.3. The van der Waals surface area contributed by atoms with Gasteiger partial charge in [-0.3, -0.25) is 0 Å². The number of aromatic nitrogens is 2. The van der Waals surface area contributed by atoms with Crippen LogP contribution < -0.4 is 4.18 Å². The zero-order chi connectivity index (χ0) is 16.7. The molecule has 0 radical (unpaired) electrons. The fourth-order valence-electron chi connectivity index (χ4n) is 1.46. The summed E-state index contributed by atoms with van der Waals surface area (Å²) >= 11 is 0.836. The summed E-state index contributed by atoms with van der Waals surface area (Å²) in [6.07, 6.45) is 1.45. The van der Waals surface area contributed by atoms with Crippen molar-refractivity contribution in [2.24, 2.45) is 0 Å². The molecule has 0 aliphatic carbocycles. The summed E-state index contributed by atoms with van der Waals surface area (Å²) in [5.41, 5.74) is -6.57. The van der Waals surface area contributed by atoms with E-state index in [-0.39, 0.29) is 10.2 Å². The number of carbonyl (C=O) groups is 1. The highest BCUT2D eigenvalue weighted by molar-refractivity contribution is 7.88. The van der Waals surface area contributed by atoms with E-state index in [1.165, 1.54) is 0 Å². The standard InChI is InChI=1S/C10H7F3N2O5S2/c1-2-5-15-4-3-14-6(9(16)17)7(8(4)21-5)20-22(18,19)10(11,12)13/h3H,2H2,1H3,(H,16,17). The lowest BCUT2D eigenvalue weighted by molar-refractivity contribution is -0.0500. The first-order chi connectivity index (χ1) is 10.1. The molecule has 1 N–H and O–H groups in total. The second-order valence-electron chi connectivity index (χ2n) is 3.90. The average molecular weight is 356 g/mol. The van der Waals surface area contributed by atoms with Crippen LogP contribution in [0.25, 0.3) is 10.2 Å². The highest BCUT2D eigenvalue weighted by Gasteiger charge is 2.49. The molecule has 0 aliphatic rings. The summed E-state index contributed by atoms with van der Waals surface area (Å²) < 4.78 is 63.4. The van der Waals surface area contributed by atoms with Gasteiger partial charge in [-0.1, -0.05) is 6.92 Å². The number of thiazole rings is 1. The maximum absolute atomic E-state index is 12.4. The van der Waals surface area contributed by atoms with Crippen LogP contribution in [0.15, 0.2) is 6.20 Å². The summed E-state index contributed by atoms with van der Waals surface area (Å²) in [6.45, 7) is 1.72. The number of hydrogen-bond donors (Lipinski definition) is 1. The quantitative estimate of drug-likeness (QED) is 0.661. The van der Waals surface area contributed by atoms with Crippen molar-refractivity contribution in [2.75, 3.05) is 0 Å². The first-order valence-electron chi connectivity index (χ1n) is 5.59. The molecule has 7 nitrogen and oxygen atoms in total. The van der Waals surface area contributed by atoms with Gasteiger partial charge in [-0.05, 0) is 6.42 Å². The topological polar surface area (TPSA) is 106 Å². The molecule has 0 bridgehead atoms. The molecule has 0 aliphatic heterocycles. The van der Waals surface area contributed by atoms with Gasteiger partial charge in [-0.25, -0.2) is 14.8 Å². The number of alkyl halides is 3. The first kappa shape index (κ1) is 16.4. The average Bonchev–Trinajstić information content (AvgIpc) is 2.80. The van der Waals surface area contributed by atoms with E-state index < -0.39 is 33.0 Å². The molecule has 0 unspecified atom stereocenters. The fourth-order valence-corrected chi connectivity index (χ4v) is 2.94. The molecule has 12 heteroatoms. The number of aryl methyl sites for hydroxylation is 1. The van der Waals surface area contributed by atoms with Crippen LogP contribution >= 0.6 is 11.3 Å². The van der Waals surface area contributed by atoms with Crippen molar-refractivity contribution in [1.29, 1.82) is 0 Å². The second kappa shape index (κ2) is 5.35. The van der Waals surface area contributed by atoms with E-state index in [0.717, 1.165) is 17.5 Å². The van der Waals surface area contributed by atoms with Crippen molar-refractivity contribution >= 4 is 37.6 Å². The summed E-state index contributed by atoms with van der Waals surface area (Å²) in [5.74, 6) is -2.71. The van der Waals surface area contributed by atoms with Crippen molar-refractivity contribution in [1.82, 2.24) is 9.97 Å². The Hall–Kier alpha value is -1.95. The zero-order valence-electron chi connectivity index (χ0n) is 10.7. The Balaban J connectivity index is 2.71. The molecule has 2 aromatic heterocycles. The number of aromatic carboxylic acids is 1. The molecule has 2 aromatic rings. The molecule has 0 saturated carbocycles. The van der Waals surface area contributed by atoms with Gasteiger partial charge in [0.25, 0.3) is 0 Å². The smallest absolute Gasteiger partial charge is 0.476 e. The molecule has 0 saturated heterocycles. The minimum Gasteiger partial charge on any atom is -0.476 e. The number of fused-ring (bicyclic) bond motifs is 1. The van der Waals surface area contributed by atoms with Crippen molar-refractivity contribution in [2.45, 2.75) is 18.9 Å². The number of nitrogens with zero attached hydrogens (tertiary/aromatic N) is 2. The van der Waals surface area contributed by atoms with E-state index in [2.05, 4.69) is 14.2 Å². The normalized spacial score (nSPS) is 12.5. The number of carboxylic acids is 1. The van der Waals surface area contributed by atoms with Gasteiger partial charge < -0.3 is 9.29 Å². The molecule has 2 rings (SSSR count). The minimum atomic E-state index is -6.02. The van der Waals surface area contributed by atoms with Crippen LogP contribution in [0.2, 0.25) is 0 Å². The number of carboxylic acid groups (broad SMARTS) is 1. The van der Waals surface area contributed by atoms with E-state index in [1.54, 1.807) is 6.92 Å². The fraction of sp³-hybridized carbons (Fsp3) is 0.300. The molecule has 0 spiro atoms. The Morgan fingerprint density at radius 3 is 2.59 bits per heavy atom. The van der Waals surface area contributed by atoms with Gasteiger partial charge in [-0.15, -0.1) is 11.3 Å². The van der Waals surface area contributed by atoms with E-state index in [4.69, 9.17) is 5.11 Å². The van der Waals surface area contributed by atoms with Gasteiger partial charge in [0.1, 0.15) is 10.2 Å². The maximum atomic E-state index is 12.4. The Kier molecular flexibility index (Phi) is 4.00. The van der Waals surface area contributed by atoms with Gasteiger partial charge >= 0.3 is 21.6 Å². The van der Waals surface area contributed by atoms with Crippen LogP contribution in [0.4, 0.5) is 13.2 Å². The van der Waals surface area contributed by atoms with Crippen LogP contribution in [-0.2, 0) is 16.5 Å². The van der Waals surface area contributed by atoms with E-state index in [0.29, 0.717) is 11.4 Å². The number of halogens is 3. The predicted molar refractivity (Wildman–Crippen MR) is 69.4 cm³/mol. The van der Waals surface area contributed by atoms with Gasteiger partial charge in [0, 0.05) is 0 Å². The largest absolute Gasteiger partial charge is 0.534 e. The summed E-state index contributed by atoms with van der Waals surface area (Å²) in [6, 6.07) is 0. The van der Waals surface area contributed by atoms with Crippen molar-refractivity contribution in [3.05, 3.63) is 16.9 Å². The maximum Gasteiger partial charge on any atom is 0.534 e. The second-order valence-corrected chi connectivity index (χ2v) is 6.52. The molecule has 0 amide bonds. The van der Waals surface area contributed by atoms with Crippen LogP contribution in [-0.4, -0.2) is 35.0 Å². The van der Waals surface area contributed by atoms with Gasteiger partial charge in [0.15, 0.2) is 11.4 Å². The lowest BCUT2D eigenvalue weighted by Crippen LogP contribution is -2.28. The van der Waals surface area contributed by atoms with Crippen LogP contribution in [0.1, 0.15) is 22.4 Å². The lowest BCUT2D eigenvalue weighted by atomic mass is 10.3. The monoisotopic (exact) mass is 356 g/mol. The highest BCUT2D eigenvalue weighted by Crippen LogP contribution is 2.36. The Morgan fingerprint density at radius 2 is 2.09 bits per heavy atom. The third-order valence-electron chi connectivity index (χ3n) is 2.42. The van der Waals surface area contributed by atoms with Crippen molar-refractivity contribution in [3.63, 3.8) is 0 Å². The first-order valence-corrected chi connectivity index (χ1v) is 7.81. The van der Waals surface area contributed by atoms with Crippen LogP contribution in [0.3, 0.4) is 0 Å². The van der Waals surface area contributed by atoms with Gasteiger partial charge in [0.05, 0.1) is 11.2 Å². The molecule has 0 fully saturated rings. The molecule has 22 heavy (non-hydrogen) atoms. The number of pyridine rings is 1. The summed E-state index contributed by atoms with van der Waals surface area (Å²) in [5, 5.41) is 9.42. The van der Waals surface area contributed by atoms with E-state index in [1.807, 2.05) is 0 Å². The molecular formula is C10H7F3N2O5S2. The lowest BCUT2D eigenvalue weighted by Gasteiger charge is -2.11. The Bertz CT molecular complexity index is 844. The Labute approximate surface area is 125 Å². The molecule has 0 aromatic carbocycles. The molecule has 2 heterocycles. The third-order valence-corrected chi connectivity index (χ3v) is 4.58. The SMILES string of the molecule is CCc1nc2cnc(C(=O)O)c(OS(=O)(=O)C(F)(F)F)c2s1. The van der Waals surface area contributed by atoms with Crippen molar-refractivity contribution in [3.8, 4) is 5.75 Å². The Morgan fingerprint density at radius 1 is 1.45 bits per heavy atom. The molecular weight excluding hydrogens is 349 g/mol. The van der Waals surface area contributed by atoms with E-state index >= 15 is 0 Å². The summed E-state index contributed by atoms with van der Waals surface area (Å²) in [7, 11) is -6.02. The molecule has 0 atom stereocenters. The number of rotatable bonds is 4. The number of hydrogen-bond acceptors (Lipinski definition) is 7. The van der Waals surface area contributed by atoms with Crippen LogP contribution in [0, 0.1) is 0 Å². The predicted octanol–water partition coefficient (Wildman–Crippen LogP) is 2.18. The van der Waals surface area contributed by atoms with Gasteiger partial charge in [-0.2, -0.15) is 21.6 Å². The van der Waals surface area contributed by atoms with Crippen LogP contribution in [0.5, 0.6) is 5.75 Å². The highest BCUT2D eigenvalue weighted by atomic mass is 32.2. The van der Waals surface area contributed by atoms with E-state index in [9.17, 15) is 26.4 Å². The molecule has 120 valence electrons.